The van der Waals surface area contributed by atoms with Crippen molar-refractivity contribution < 1.29 is 23.9 Å². The molecule has 0 N–H and O–H groups in total. The Labute approximate surface area is 240 Å². The van der Waals surface area contributed by atoms with Gasteiger partial charge in [0.1, 0.15) is 5.69 Å². The molecule has 0 saturated carbocycles. The van der Waals surface area contributed by atoms with E-state index in [1.54, 1.807) is 24.1 Å². The monoisotopic (exact) mass is 555 g/mol. The van der Waals surface area contributed by atoms with Crippen molar-refractivity contribution in [2.24, 2.45) is 5.92 Å². The van der Waals surface area contributed by atoms with E-state index in [1.165, 1.54) is 7.11 Å². The molecule has 3 heterocycles. The van der Waals surface area contributed by atoms with Crippen LogP contribution in [0.5, 0.6) is 0 Å². The molecule has 0 radical (unpaired) electrons. The lowest BCUT2D eigenvalue weighted by atomic mass is 9.75. The maximum Gasteiger partial charge on any atom is 0.332 e. The second kappa shape index (κ2) is 11.2. The van der Waals surface area contributed by atoms with E-state index in [4.69, 9.17) is 9.47 Å². The molecule has 2 aliphatic heterocycles. The SMILES string of the molecule is COCCn1c(C(=O)N2CCCC2)cc2c1C[C@H]1CN(C(=O)c3ccccc3)[C@@](Cc3ccccc3)(C(=O)OC)[C@@H]21. The van der Waals surface area contributed by atoms with Crippen LogP contribution in [0.15, 0.2) is 66.7 Å². The van der Waals surface area contributed by atoms with Crippen LogP contribution >= 0.6 is 0 Å². The van der Waals surface area contributed by atoms with Gasteiger partial charge in [0.15, 0.2) is 5.54 Å². The van der Waals surface area contributed by atoms with Crippen LogP contribution in [0.3, 0.4) is 0 Å². The third kappa shape index (κ3) is 4.54. The van der Waals surface area contributed by atoms with E-state index >= 15 is 0 Å². The van der Waals surface area contributed by atoms with E-state index in [-0.39, 0.29) is 23.7 Å². The number of likely N-dealkylation sites (tertiary alicyclic amines) is 2. The lowest BCUT2D eigenvalue weighted by Crippen LogP contribution is -2.58. The van der Waals surface area contributed by atoms with Gasteiger partial charge < -0.3 is 23.8 Å². The molecule has 2 fully saturated rings. The summed E-state index contributed by atoms with van der Waals surface area (Å²) in [6, 6.07) is 21.0. The molecule has 0 bridgehead atoms. The van der Waals surface area contributed by atoms with Crippen molar-refractivity contribution in [1.29, 1.82) is 0 Å². The van der Waals surface area contributed by atoms with Crippen LogP contribution in [-0.4, -0.2) is 78.2 Å². The number of esters is 1. The number of ether oxygens (including phenoxy) is 2. The number of amides is 2. The van der Waals surface area contributed by atoms with Crippen molar-refractivity contribution in [2.75, 3.05) is 40.5 Å². The summed E-state index contributed by atoms with van der Waals surface area (Å²) in [4.78, 5) is 45.7. The van der Waals surface area contributed by atoms with Crippen molar-refractivity contribution >= 4 is 17.8 Å². The molecular weight excluding hydrogens is 518 g/mol. The van der Waals surface area contributed by atoms with Crippen LogP contribution < -0.4 is 0 Å². The maximum absolute atomic E-state index is 14.1. The standard InChI is InChI=1S/C33H37N3O5/c1-40-18-17-35-27-19-25-22-36(30(37)24-13-7-4-8-14-24)33(32(39)41-2,21-23-11-5-3-6-12-23)29(25)26(27)20-28(35)31(38)34-15-9-10-16-34/h3-8,11-14,20,25,29H,9-10,15-19,21-22H2,1-2H3/t25-,29+,33+/m0/s1. The molecule has 2 saturated heterocycles. The first kappa shape index (κ1) is 27.3. The Bertz CT molecular complexity index is 1430. The van der Waals surface area contributed by atoms with Gasteiger partial charge >= 0.3 is 5.97 Å². The van der Waals surface area contributed by atoms with Gasteiger partial charge in [-0.2, -0.15) is 0 Å². The highest BCUT2D eigenvalue weighted by Gasteiger charge is 2.64. The Kier molecular flexibility index (Phi) is 7.43. The number of nitrogens with zero attached hydrogens (tertiary/aromatic N) is 3. The van der Waals surface area contributed by atoms with E-state index < -0.39 is 11.5 Å². The first-order valence-corrected chi connectivity index (χ1v) is 14.5. The molecule has 8 nitrogen and oxygen atoms in total. The molecule has 0 spiro atoms. The van der Waals surface area contributed by atoms with Crippen LogP contribution in [0.2, 0.25) is 0 Å². The van der Waals surface area contributed by atoms with Crippen LogP contribution in [0.4, 0.5) is 0 Å². The number of benzene rings is 2. The molecule has 3 aliphatic rings. The van der Waals surface area contributed by atoms with Gasteiger partial charge in [-0.3, -0.25) is 9.59 Å². The molecule has 6 rings (SSSR count). The zero-order valence-electron chi connectivity index (χ0n) is 23.8. The van der Waals surface area contributed by atoms with Gasteiger partial charge in [-0.1, -0.05) is 48.5 Å². The Morgan fingerprint density at radius 2 is 1.61 bits per heavy atom. The minimum absolute atomic E-state index is 0.0141. The summed E-state index contributed by atoms with van der Waals surface area (Å²) in [6.07, 6.45) is 3.00. The summed E-state index contributed by atoms with van der Waals surface area (Å²) in [5, 5.41) is 0. The normalized spacial score (nSPS) is 23.0. The molecule has 3 atom stereocenters. The maximum atomic E-state index is 14.1. The van der Waals surface area contributed by atoms with Crippen molar-refractivity contribution in [1.82, 2.24) is 14.4 Å². The fourth-order valence-electron chi connectivity index (χ4n) is 7.41. The van der Waals surface area contributed by atoms with Gasteiger partial charge in [0.05, 0.1) is 13.7 Å². The molecule has 1 aromatic heterocycles. The quantitative estimate of drug-likeness (QED) is 0.394. The van der Waals surface area contributed by atoms with Gasteiger partial charge in [0.2, 0.25) is 0 Å². The minimum Gasteiger partial charge on any atom is -0.467 e. The lowest BCUT2D eigenvalue weighted by molar-refractivity contribution is -0.153. The predicted molar refractivity (Wildman–Crippen MR) is 154 cm³/mol. The van der Waals surface area contributed by atoms with Crippen molar-refractivity contribution in [3.8, 4) is 0 Å². The summed E-state index contributed by atoms with van der Waals surface area (Å²) in [5.41, 5.74) is 2.90. The summed E-state index contributed by atoms with van der Waals surface area (Å²) >= 11 is 0. The zero-order chi connectivity index (χ0) is 28.6. The molecule has 8 heteroatoms. The number of aromatic nitrogens is 1. The Morgan fingerprint density at radius 3 is 2.27 bits per heavy atom. The molecule has 3 aromatic rings. The molecule has 2 amide bonds. The van der Waals surface area contributed by atoms with Crippen molar-refractivity contribution in [2.45, 2.75) is 43.7 Å². The number of methoxy groups -OCH3 is 2. The molecule has 214 valence electrons. The number of carbonyl (C=O) groups excluding carboxylic acids is 3. The van der Waals surface area contributed by atoms with Gasteiger partial charge in [-0.05, 0) is 54.5 Å². The van der Waals surface area contributed by atoms with E-state index in [2.05, 4.69) is 4.57 Å². The average molecular weight is 556 g/mol. The van der Waals surface area contributed by atoms with Crippen LogP contribution in [0.25, 0.3) is 0 Å². The lowest BCUT2D eigenvalue weighted by Gasteiger charge is -2.40. The third-order valence-electron chi connectivity index (χ3n) is 9.17. The highest BCUT2D eigenvalue weighted by molar-refractivity contribution is 6.00. The molecule has 0 unspecified atom stereocenters. The number of hydrogen-bond acceptors (Lipinski definition) is 5. The van der Waals surface area contributed by atoms with Gasteiger partial charge in [-0.25, -0.2) is 4.79 Å². The Morgan fingerprint density at radius 1 is 0.927 bits per heavy atom. The summed E-state index contributed by atoms with van der Waals surface area (Å²) in [5.74, 6) is -0.892. The van der Waals surface area contributed by atoms with E-state index in [0.29, 0.717) is 43.8 Å². The number of hydrogen-bond donors (Lipinski definition) is 0. The highest BCUT2D eigenvalue weighted by atomic mass is 16.5. The van der Waals surface area contributed by atoms with Crippen molar-refractivity contribution in [3.05, 3.63) is 94.8 Å². The van der Waals surface area contributed by atoms with Crippen molar-refractivity contribution in [3.63, 3.8) is 0 Å². The molecule has 1 aliphatic carbocycles. The van der Waals surface area contributed by atoms with Gasteiger partial charge in [0.25, 0.3) is 11.8 Å². The van der Waals surface area contributed by atoms with E-state index in [0.717, 1.165) is 42.8 Å². The van der Waals surface area contributed by atoms with Crippen LogP contribution in [0, 0.1) is 5.92 Å². The van der Waals surface area contributed by atoms with Gasteiger partial charge in [0, 0.05) is 56.9 Å². The van der Waals surface area contributed by atoms with E-state index in [9.17, 15) is 14.4 Å². The zero-order valence-corrected chi connectivity index (χ0v) is 23.8. The van der Waals surface area contributed by atoms with E-state index in [1.807, 2.05) is 59.5 Å². The first-order chi connectivity index (χ1) is 20.0. The molecule has 2 aromatic carbocycles. The number of carbonyl (C=O) groups is 3. The van der Waals surface area contributed by atoms with Gasteiger partial charge in [-0.15, -0.1) is 0 Å². The molecule has 41 heavy (non-hydrogen) atoms. The Hall–Kier alpha value is -3.91. The van der Waals surface area contributed by atoms with Crippen LogP contribution in [-0.2, 0) is 33.7 Å². The first-order valence-electron chi connectivity index (χ1n) is 14.5. The fraction of sp³-hybridized carbons (Fsp3) is 0.424. The summed E-state index contributed by atoms with van der Waals surface area (Å²) in [6.45, 7) is 2.96. The Balaban J connectivity index is 1.51. The fourth-order valence-corrected chi connectivity index (χ4v) is 7.41. The third-order valence-corrected chi connectivity index (χ3v) is 9.17. The second-order valence-corrected chi connectivity index (χ2v) is 11.4. The average Bonchev–Trinajstić information content (AvgIpc) is 3.79. The predicted octanol–water partition coefficient (Wildman–Crippen LogP) is 3.94. The summed E-state index contributed by atoms with van der Waals surface area (Å²) in [7, 11) is 3.06. The topological polar surface area (TPSA) is 81.1 Å². The molecular formula is C33H37N3O5. The van der Waals surface area contributed by atoms with Crippen LogP contribution in [0.1, 0.15) is 56.4 Å². The summed E-state index contributed by atoms with van der Waals surface area (Å²) < 4.78 is 13.1. The smallest absolute Gasteiger partial charge is 0.332 e. The highest BCUT2D eigenvalue weighted by Crippen LogP contribution is 2.55. The second-order valence-electron chi connectivity index (χ2n) is 11.4. The minimum atomic E-state index is -1.26. The number of rotatable bonds is 8. The number of fused-ring (bicyclic) bond motifs is 3. The largest absolute Gasteiger partial charge is 0.467 e.